The van der Waals surface area contributed by atoms with Crippen molar-refractivity contribution in [2.75, 3.05) is 6.54 Å². The van der Waals surface area contributed by atoms with E-state index in [-0.39, 0.29) is 0 Å². The topological polar surface area (TPSA) is 46.2 Å². The van der Waals surface area contributed by atoms with Crippen LogP contribution in [0.15, 0.2) is 51.8 Å². The maximum atomic E-state index is 12.5. The Morgan fingerprint density at radius 3 is 2.22 bits per heavy atom. The van der Waals surface area contributed by atoms with Crippen molar-refractivity contribution in [3.63, 3.8) is 0 Å². The molecule has 2 rings (SSSR count). The summed E-state index contributed by atoms with van der Waals surface area (Å²) in [6.45, 7) is 4.47. The summed E-state index contributed by atoms with van der Waals surface area (Å²) in [5.41, 5.74) is 3.24. The van der Waals surface area contributed by atoms with Crippen molar-refractivity contribution in [1.29, 1.82) is 0 Å². The monoisotopic (exact) mass is 395 g/mol. The van der Waals surface area contributed by atoms with Gasteiger partial charge in [0.15, 0.2) is 0 Å². The highest BCUT2D eigenvalue weighted by Gasteiger charge is 2.17. The molecular weight excluding hydrogens is 374 g/mol. The SMILES string of the molecule is CCc1ccc(CCNS(=O)(=O)c2ccc(Br)cc2CC)cc1. The van der Waals surface area contributed by atoms with Crippen molar-refractivity contribution >= 4 is 26.0 Å². The summed E-state index contributed by atoms with van der Waals surface area (Å²) >= 11 is 3.38. The summed E-state index contributed by atoms with van der Waals surface area (Å²) in [5.74, 6) is 0. The van der Waals surface area contributed by atoms with E-state index in [1.54, 1.807) is 12.1 Å². The van der Waals surface area contributed by atoms with E-state index >= 15 is 0 Å². The molecule has 0 atom stereocenters. The average Bonchev–Trinajstić information content (AvgIpc) is 2.55. The van der Waals surface area contributed by atoms with Crippen molar-refractivity contribution < 1.29 is 8.42 Å². The van der Waals surface area contributed by atoms with Crippen molar-refractivity contribution in [3.05, 3.63) is 63.6 Å². The molecule has 0 fully saturated rings. The van der Waals surface area contributed by atoms with Gasteiger partial charge in [-0.25, -0.2) is 13.1 Å². The van der Waals surface area contributed by atoms with Crippen LogP contribution in [-0.2, 0) is 29.3 Å². The molecule has 0 heterocycles. The van der Waals surface area contributed by atoms with Gasteiger partial charge in [-0.05, 0) is 54.2 Å². The summed E-state index contributed by atoms with van der Waals surface area (Å²) in [5, 5.41) is 0. The van der Waals surface area contributed by atoms with Crippen LogP contribution in [0.5, 0.6) is 0 Å². The van der Waals surface area contributed by atoms with Crippen LogP contribution in [0.3, 0.4) is 0 Å². The maximum Gasteiger partial charge on any atom is 0.240 e. The highest BCUT2D eigenvalue weighted by Crippen LogP contribution is 2.21. The number of aryl methyl sites for hydroxylation is 2. The predicted octanol–water partition coefficient (Wildman–Crippen LogP) is 4.09. The summed E-state index contributed by atoms with van der Waals surface area (Å²) in [6.07, 6.45) is 2.37. The normalized spacial score (nSPS) is 11.6. The van der Waals surface area contributed by atoms with Crippen LogP contribution in [0, 0.1) is 0 Å². The predicted molar refractivity (Wildman–Crippen MR) is 98.2 cm³/mol. The van der Waals surface area contributed by atoms with Crippen LogP contribution >= 0.6 is 15.9 Å². The van der Waals surface area contributed by atoms with Gasteiger partial charge in [-0.15, -0.1) is 0 Å². The first-order valence-corrected chi connectivity index (χ1v) is 10.1. The fourth-order valence-corrected chi connectivity index (χ4v) is 4.17. The molecular formula is C18H22BrNO2S. The first kappa shape index (κ1) is 18.2. The lowest BCUT2D eigenvalue weighted by molar-refractivity contribution is 0.580. The van der Waals surface area contributed by atoms with Crippen molar-refractivity contribution in [3.8, 4) is 0 Å². The quantitative estimate of drug-likeness (QED) is 0.766. The molecule has 2 aromatic carbocycles. The maximum absolute atomic E-state index is 12.5. The second-order valence-corrected chi connectivity index (χ2v) is 8.07. The fraction of sp³-hybridized carbons (Fsp3) is 0.333. The Kier molecular flexibility index (Phi) is 6.39. The van der Waals surface area contributed by atoms with Crippen LogP contribution in [0.4, 0.5) is 0 Å². The lowest BCUT2D eigenvalue weighted by atomic mass is 10.1. The van der Waals surface area contributed by atoms with Crippen molar-refractivity contribution in [1.82, 2.24) is 4.72 Å². The average molecular weight is 396 g/mol. The molecule has 1 N–H and O–H groups in total. The minimum Gasteiger partial charge on any atom is -0.211 e. The van der Waals surface area contributed by atoms with Crippen LogP contribution in [0.25, 0.3) is 0 Å². The molecule has 0 unspecified atom stereocenters. The molecule has 0 aliphatic rings. The van der Waals surface area contributed by atoms with Gasteiger partial charge in [-0.2, -0.15) is 0 Å². The number of hydrogen-bond donors (Lipinski definition) is 1. The van der Waals surface area contributed by atoms with Gasteiger partial charge in [0, 0.05) is 11.0 Å². The number of sulfonamides is 1. The van der Waals surface area contributed by atoms with Gasteiger partial charge < -0.3 is 0 Å². The van der Waals surface area contributed by atoms with Crippen LogP contribution in [-0.4, -0.2) is 15.0 Å². The summed E-state index contributed by atoms with van der Waals surface area (Å²) in [7, 11) is -3.47. The molecule has 0 bridgehead atoms. The zero-order valence-corrected chi connectivity index (χ0v) is 15.9. The molecule has 3 nitrogen and oxygen atoms in total. The molecule has 0 radical (unpaired) electrons. The van der Waals surface area contributed by atoms with E-state index in [4.69, 9.17) is 0 Å². The Bertz CT molecular complexity index is 755. The van der Waals surface area contributed by atoms with Crippen LogP contribution in [0.1, 0.15) is 30.5 Å². The minimum absolute atomic E-state index is 0.365. The molecule has 5 heteroatoms. The van der Waals surface area contributed by atoms with Crippen molar-refractivity contribution in [2.45, 2.75) is 38.0 Å². The molecule has 0 spiro atoms. The summed E-state index contributed by atoms with van der Waals surface area (Å²) < 4.78 is 28.6. The van der Waals surface area contributed by atoms with Crippen LogP contribution < -0.4 is 4.72 Å². The largest absolute Gasteiger partial charge is 0.240 e. The molecule has 0 aliphatic carbocycles. The van der Waals surface area contributed by atoms with Gasteiger partial charge in [-0.3, -0.25) is 0 Å². The highest BCUT2D eigenvalue weighted by molar-refractivity contribution is 9.10. The zero-order chi connectivity index (χ0) is 16.9. The third kappa shape index (κ3) is 4.90. The van der Waals surface area contributed by atoms with Gasteiger partial charge in [0.1, 0.15) is 0 Å². The Hall–Kier alpha value is -1.17. The Morgan fingerprint density at radius 1 is 0.957 bits per heavy atom. The Balaban J connectivity index is 2.04. The fourth-order valence-electron chi connectivity index (χ4n) is 2.44. The second kappa shape index (κ2) is 8.08. The third-order valence-electron chi connectivity index (χ3n) is 3.83. The van der Waals surface area contributed by atoms with E-state index in [9.17, 15) is 8.42 Å². The molecule has 0 saturated carbocycles. The van der Waals surface area contributed by atoms with E-state index in [0.29, 0.717) is 24.3 Å². The first-order chi connectivity index (χ1) is 11.0. The number of hydrogen-bond acceptors (Lipinski definition) is 2. The van der Waals surface area contributed by atoms with Gasteiger partial charge in [-0.1, -0.05) is 54.0 Å². The summed E-state index contributed by atoms with van der Waals surface area (Å²) in [6, 6.07) is 13.6. The van der Waals surface area contributed by atoms with E-state index in [2.05, 4.69) is 51.8 Å². The molecule has 0 saturated heterocycles. The smallest absolute Gasteiger partial charge is 0.211 e. The van der Waals surface area contributed by atoms with E-state index in [1.165, 1.54) is 5.56 Å². The van der Waals surface area contributed by atoms with E-state index in [1.807, 2.05) is 13.0 Å². The van der Waals surface area contributed by atoms with Gasteiger partial charge in [0.25, 0.3) is 0 Å². The molecule has 0 amide bonds. The lowest BCUT2D eigenvalue weighted by Crippen LogP contribution is -2.26. The molecule has 2 aromatic rings. The molecule has 0 aliphatic heterocycles. The third-order valence-corrected chi connectivity index (χ3v) is 5.88. The highest BCUT2D eigenvalue weighted by atomic mass is 79.9. The van der Waals surface area contributed by atoms with Crippen molar-refractivity contribution in [2.24, 2.45) is 0 Å². The lowest BCUT2D eigenvalue weighted by Gasteiger charge is -2.11. The van der Waals surface area contributed by atoms with E-state index in [0.717, 1.165) is 22.0 Å². The van der Waals surface area contributed by atoms with Crippen LogP contribution in [0.2, 0.25) is 0 Å². The van der Waals surface area contributed by atoms with Gasteiger partial charge >= 0.3 is 0 Å². The minimum atomic E-state index is -3.47. The molecule has 0 aromatic heterocycles. The number of halogens is 1. The standard InChI is InChI=1S/C18H22BrNO2S/c1-3-14-5-7-15(8-6-14)11-12-20-23(21,22)18-10-9-17(19)13-16(18)4-2/h5-10,13,20H,3-4,11-12H2,1-2H3. The zero-order valence-electron chi connectivity index (χ0n) is 13.5. The first-order valence-electron chi connectivity index (χ1n) is 7.82. The second-order valence-electron chi connectivity index (χ2n) is 5.42. The van der Waals surface area contributed by atoms with Gasteiger partial charge in [0.05, 0.1) is 4.90 Å². The molecule has 23 heavy (non-hydrogen) atoms. The Morgan fingerprint density at radius 2 is 1.61 bits per heavy atom. The number of nitrogens with one attached hydrogen (secondary N) is 1. The number of benzene rings is 2. The van der Waals surface area contributed by atoms with Gasteiger partial charge in [0.2, 0.25) is 10.0 Å². The summed E-state index contributed by atoms with van der Waals surface area (Å²) in [4.78, 5) is 0.365. The Labute approximate surface area is 147 Å². The molecule has 124 valence electrons. The number of rotatable bonds is 7. The van der Waals surface area contributed by atoms with E-state index < -0.39 is 10.0 Å².